The molecule has 6 aromatic rings. The second-order valence-corrected chi connectivity index (χ2v) is 10.7. The Bertz CT molecular complexity index is 1990. The molecule has 0 bridgehead atoms. The Balaban J connectivity index is 1.27. The SMILES string of the molecule is O=c1c2ccc(Cl)cc2[nH]c(=S)n1-c1ccc(Cc2ccc(-n3c(=S)[nH]c4cc(Cl)ccc4c3=O)cc2)cc1. The van der Waals surface area contributed by atoms with Gasteiger partial charge in [-0.3, -0.25) is 18.7 Å². The van der Waals surface area contributed by atoms with Crippen molar-refractivity contribution in [3.63, 3.8) is 0 Å². The van der Waals surface area contributed by atoms with Gasteiger partial charge in [0.05, 0.1) is 33.2 Å². The molecule has 0 aliphatic carbocycles. The predicted octanol–water partition coefficient (Wildman–Crippen LogP) is 7.31. The number of aromatic amines is 2. The normalized spacial score (nSPS) is 11.3. The summed E-state index contributed by atoms with van der Waals surface area (Å²) in [5.74, 6) is 0. The number of nitrogens with zero attached hydrogens (tertiary/aromatic N) is 2. The van der Waals surface area contributed by atoms with E-state index >= 15 is 0 Å². The van der Waals surface area contributed by atoms with Gasteiger partial charge >= 0.3 is 0 Å². The first-order chi connectivity index (χ1) is 18.8. The lowest BCUT2D eigenvalue weighted by Crippen LogP contribution is -2.20. The predicted molar refractivity (Wildman–Crippen MR) is 162 cm³/mol. The first-order valence-electron chi connectivity index (χ1n) is 11.9. The third-order valence-corrected chi connectivity index (χ3v) is 7.56. The molecular weight excluding hydrogens is 571 g/mol. The summed E-state index contributed by atoms with van der Waals surface area (Å²) in [6.45, 7) is 0. The second-order valence-electron chi connectivity index (χ2n) is 9.03. The van der Waals surface area contributed by atoms with Gasteiger partial charge in [0.2, 0.25) is 0 Å². The van der Waals surface area contributed by atoms with Crippen molar-refractivity contribution in [2.24, 2.45) is 0 Å². The highest BCUT2D eigenvalue weighted by Crippen LogP contribution is 2.19. The van der Waals surface area contributed by atoms with E-state index in [4.69, 9.17) is 47.6 Å². The first-order valence-corrected chi connectivity index (χ1v) is 13.4. The minimum absolute atomic E-state index is 0.209. The van der Waals surface area contributed by atoms with Crippen LogP contribution in [-0.4, -0.2) is 19.1 Å². The van der Waals surface area contributed by atoms with Crippen LogP contribution in [0.15, 0.2) is 94.5 Å². The quantitative estimate of drug-likeness (QED) is 0.212. The maximum atomic E-state index is 13.1. The van der Waals surface area contributed by atoms with Crippen molar-refractivity contribution < 1.29 is 0 Å². The summed E-state index contributed by atoms with van der Waals surface area (Å²) in [5, 5.41) is 2.07. The lowest BCUT2D eigenvalue weighted by Gasteiger charge is -2.11. The second kappa shape index (κ2) is 10.1. The van der Waals surface area contributed by atoms with Crippen LogP contribution in [0.3, 0.4) is 0 Å². The van der Waals surface area contributed by atoms with E-state index in [2.05, 4.69) is 9.97 Å². The fourth-order valence-electron chi connectivity index (χ4n) is 4.61. The van der Waals surface area contributed by atoms with Gasteiger partial charge in [-0.2, -0.15) is 0 Å². The number of rotatable bonds is 4. The summed E-state index contributed by atoms with van der Waals surface area (Å²) < 4.78 is 3.54. The number of halogens is 2. The minimum Gasteiger partial charge on any atom is -0.331 e. The van der Waals surface area contributed by atoms with Gasteiger partial charge in [0, 0.05) is 10.0 Å². The molecule has 0 atom stereocenters. The van der Waals surface area contributed by atoms with Gasteiger partial charge in [-0.15, -0.1) is 0 Å². The third-order valence-electron chi connectivity index (χ3n) is 6.52. The monoisotopic (exact) mass is 588 g/mol. The Labute approximate surface area is 241 Å². The van der Waals surface area contributed by atoms with E-state index in [0.29, 0.717) is 59.2 Å². The molecule has 0 amide bonds. The summed E-state index contributed by atoms with van der Waals surface area (Å²) >= 11 is 23.0. The zero-order valence-electron chi connectivity index (χ0n) is 20.1. The van der Waals surface area contributed by atoms with Crippen molar-refractivity contribution >= 4 is 69.4 Å². The molecule has 0 fully saturated rings. The highest BCUT2D eigenvalue weighted by atomic mass is 35.5. The number of hydrogen-bond acceptors (Lipinski definition) is 4. The Kier molecular flexibility index (Phi) is 6.56. The molecule has 6 rings (SSSR count). The minimum atomic E-state index is -0.209. The molecule has 4 aromatic carbocycles. The van der Waals surface area contributed by atoms with Gasteiger partial charge in [0.15, 0.2) is 9.54 Å². The molecule has 0 aliphatic heterocycles. The molecule has 0 saturated heterocycles. The highest BCUT2D eigenvalue weighted by molar-refractivity contribution is 7.71. The van der Waals surface area contributed by atoms with Crippen molar-refractivity contribution in [3.8, 4) is 11.4 Å². The fourth-order valence-corrected chi connectivity index (χ4v) is 5.55. The fraction of sp³-hybridized carbons (Fsp3) is 0.0345. The maximum Gasteiger partial charge on any atom is 0.266 e. The molecule has 0 unspecified atom stereocenters. The van der Waals surface area contributed by atoms with E-state index in [0.717, 1.165) is 11.1 Å². The van der Waals surface area contributed by atoms with Gasteiger partial charge in [0.25, 0.3) is 11.1 Å². The van der Waals surface area contributed by atoms with Crippen LogP contribution in [0.1, 0.15) is 11.1 Å². The number of nitrogens with one attached hydrogen (secondary N) is 2. The van der Waals surface area contributed by atoms with Crippen LogP contribution in [0.25, 0.3) is 33.2 Å². The van der Waals surface area contributed by atoms with Crippen molar-refractivity contribution in [3.05, 3.63) is 136 Å². The van der Waals surface area contributed by atoms with Gasteiger partial charge < -0.3 is 9.97 Å². The Morgan fingerprint density at radius 3 is 1.36 bits per heavy atom. The lowest BCUT2D eigenvalue weighted by atomic mass is 10.0. The van der Waals surface area contributed by atoms with Gasteiger partial charge in [-0.1, -0.05) is 47.5 Å². The molecule has 0 aliphatic rings. The van der Waals surface area contributed by atoms with Crippen molar-refractivity contribution in [1.29, 1.82) is 0 Å². The van der Waals surface area contributed by atoms with Gasteiger partial charge in [0.1, 0.15) is 0 Å². The maximum absolute atomic E-state index is 13.1. The van der Waals surface area contributed by atoms with Gasteiger partial charge in [-0.25, -0.2) is 0 Å². The molecule has 0 spiro atoms. The Morgan fingerprint density at radius 2 is 0.974 bits per heavy atom. The van der Waals surface area contributed by atoms with Crippen LogP contribution in [0.5, 0.6) is 0 Å². The van der Waals surface area contributed by atoms with Crippen molar-refractivity contribution in [1.82, 2.24) is 19.1 Å². The molecule has 192 valence electrons. The number of hydrogen-bond donors (Lipinski definition) is 2. The average Bonchev–Trinajstić information content (AvgIpc) is 2.90. The Morgan fingerprint density at radius 1 is 0.590 bits per heavy atom. The van der Waals surface area contributed by atoms with Crippen LogP contribution < -0.4 is 11.1 Å². The standard InChI is InChI=1S/C29H18Cl2N4O2S2/c30-18-5-11-22-24(14-18)32-28(38)34(26(22)36)20-7-1-16(2-8-20)13-17-3-9-21(10-4-17)35-27(37)23-12-6-19(31)15-25(23)33-29(35)39/h1-12,14-15H,13H2,(H,32,38)(H,33,39). The molecule has 0 saturated carbocycles. The lowest BCUT2D eigenvalue weighted by molar-refractivity contribution is 0.936. The van der Waals surface area contributed by atoms with E-state index in [1.165, 1.54) is 9.13 Å². The largest absolute Gasteiger partial charge is 0.331 e. The number of aromatic nitrogens is 4. The number of fused-ring (bicyclic) bond motifs is 2. The van der Waals surface area contributed by atoms with Crippen molar-refractivity contribution in [2.45, 2.75) is 6.42 Å². The zero-order valence-corrected chi connectivity index (χ0v) is 23.2. The molecule has 2 aromatic heterocycles. The van der Waals surface area contributed by atoms with Crippen LogP contribution in [-0.2, 0) is 6.42 Å². The molecule has 2 N–H and O–H groups in total. The topological polar surface area (TPSA) is 75.6 Å². The van der Waals surface area contributed by atoms with Crippen LogP contribution in [0.2, 0.25) is 10.0 Å². The molecule has 10 heteroatoms. The van der Waals surface area contributed by atoms with E-state index in [1.54, 1.807) is 36.4 Å². The first kappa shape index (κ1) is 25.5. The van der Waals surface area contributed by atoms with Crippen LogP contribution >= 0.6 is 47.6 Å². The van der Waals surface area contributed by atoms with Gasteiger partial charge in [-0.05, 0) is 103 Å². The molecular formula is C29H18Cl2N4O2S2. The smallest absolute Gasteiger partial charge is 0.266 e. The number of benzene rings is 4. The zero-order chi connectivity index (χ0) is 27.3. The molecule has 39 heavy (non-hydrogen) atoms. The van der Waals surface area contributed by atoms with Crippen LogP contribution in [0, 0.1) is 9.54 Å². The van der Waals surface area contributed by atoms with E-state index in [-0.39, 0.29) is 11.1 Å². The highest BCUT2D eigenvalue weighted by Gasteiger charge is 2.10. The summed E-state index contributed by atoms with van der Waals surface area (Å²) in [4.78, 5) is 32.4. The van der Waals surface area contributed by atoms with E-state index in [9.17, 15) is 9.59 Å². The average molecular weight is 590 g/mol. The molecule has 2 heterocycles. The van der Waals surface area contributed by atoms with Crippen molar-refractivity contribution in [2.75, 3.05) is 0 Å². The van der Waals surface area contributed by atoms with E-state index in [1.807, 2.05) is 48.5 Å². The number of H-pyrrole nitrogens is 2. The van der Waals surface area contributed by atoms with Crippen LogP contribution in [0.4, 0.5) is 0 Å². The summed E-state index contributed by atoms with van der Waals surface area (Å²) in [5.41, 5.74) is 4.23. The molecule has 6 nitrogen and oxygen atoms in total. The van der Waals surface area contributed by atoms with E-state index < -0.39 is 0 Å². The summed E-state index contributed by atoms with van der Waals surface area (Å²) in [6.07, 6.45) is 0.663. The summed E-state index contributed by atoms with van der Waals surface area (Å²) in [7, 11) is 0. The third kappa shape index (κ3) is 4.77. The summed E-state index contributed by atoms with van der Waals surface area (Å²) in [6, 6.07) is 25.5. The Hall–Kier alpha value is -3.82. The molecule has 0 radical (unpaired) electrons.